The van der Waals surface area contributed by atoms with Crippen molar-refractivity contribution in [3.05, 3.63) is 40.2 Å². The van der Waals surface area contributed by atoms with E-state index in [0.717, 1.165) is 35.7 Å². The fourth-order valence-corrected chi connectivity index (χ4v) is 9.79. The summed E-state index contributed by atoms with van der Waals surface area (Å²) in [6.07, 6.45) is 21.7. The first-order chi connectivity index (χ1) is 22.3. The van der Waals surface area contributed by atoms with E-state index in [1.54, 1.807) is 0 Å². The first-order valence-corrected chi connectivity index (χ1v) is 20.5. The summed E-state index contributed by atoms with van der Waals surface area (Å²) in [4.78, 5) is 0. The van der Waals surface area contributed by atoms with Crippen molar-refractivity contribution in [3.63, 3.8) is 0 Å². The number of halogens is 6. The quantitative estimate of drug-likeness (QED) is 0.0662. The van der Waals surface area contributed by atoms with E-state index in [1.165, 1.54) is 113 Å². The smallest absolute Gasteiger partial charge is 0.143 e. The number of unbranched alkanes of at least 4 members (excludes halogenated alkanes) is 14. The van der Waals surface area contributed by atoms with E-state index in [4.69, 9.17) is 69.6 Å². The second kappa shape index (κ2) is 19.7. The largest absolute Gasteiger partial charge is 0.150 e. The van der Waals surface area contributed by atoms with Gasteiger partial charge in [0.05, 0.1) is 41.3 Å². The monoisotopic (exact) mass is 780 g/mol. The van der Waals surface area contributed by atoms with Gasteiger partial charge in [-0.2, -0.15) is 0 Å². The van der Waals surface area contributed by atoms with Gasteiger partial charge in [0.2, 0.25) is 0 Å². The molecule has 0 aliphatic rings. The predicted molar refractivity (Wildman–Crippen MR) is 204 cm³/mol. The fourth-order valence-electron chi connectivity index (χ4n) is 5.62. The van der Waals surface area contributed by atoms with Crippen molar-refractivity contribution in [2.24, 2.45) is 0 Å². The Balaban J connectivity index is 1.52. The van der Waals surface area contributed by atoms with Gasteiger partial charge in [-0.15, -0.1) is 20.4 Å². The second-order valence-corrected chi connectivity index (χ2v) is 16.2. The average Bonchev–Trinajstić information content (AvgIpc) is 3.70. The second-order valence-electron chi connectivity index (χ2n) is 11.8. The Kier molecular flexibility index (Phi) is 16.4. The summed E-state index contributed by atoms with van der Waals surface area (Å²) in [5.41, 5.74) is 0.971. The van der Waals surface area contributed by atoms with Crippen LogP contribution in [0.4, 0.5) is 0 Å². The number of fused-ring (bicyclic) bond motifs is 1. The molecule has 252 valence electrons. The van der Waals surface area contributed by atoms with Gasteiger partial charge in [-0.25, -0.2) is 0 Å². The summed E-state index contributed by atoms with van der Waals surface area (Å²) >= 11 is 44.4. The molecule has 0 aliphatic heterocycles. The minimum absolute atomic E-state index is 0.212. The molecule has 2 heterocycles. The highest BCUT2D eigenvalue weighted by atomic mass is 35.5. The molecule has 0 saturated carbocycles. The first kappa shape index (κ1) is 38.4. The Morgan fingerprint density at radius 2 is 0.717 bits per heavy atom. The van der Waals surface area contributed by atoms with Crippen molar-refractivity contribution in [1.29, 1.82) is 0 Å². The van der Waals surface area contributed by atoms with E-state index in [-0.39, 0.29) is 20.1 Å². The molecule has 0 amide bonds. The molecule has 2 aromatic heterocycles. The van der Waals surface area contributed by atoms with Crippen molar-refractivity contribution in [3.8, 4) is 21.1 Å². The highest BCUT2D eigenvalue weighted by Gasteiger charge is 2.29. The summed E-state index contributed by atoms with van der Waals surface area (Å²) in [6.45, 7) is 4.49. The van der Waals surface area contributed by atoms with Gasteiger partial charge in [-0.05, 0) is 12.8 Å². The number of aromatic nitrogens is 4. The molecule has 0 bridgehead atoms. The van der Waals surface area contributed by atoms with E-state index >= 15 is 0 Å². The van der Waals surface area contributed by atoms with Crippen LogP contribution in [0.2, 0.25) is 30.1 Å². The molecule has 0 atom stereocenters. The first-order valence-electron chi connectivity index (χ1n) is 16.6. The molecule has 46 heavy (non-hydrogen) atoms. The number of benzene rings is 2. The summed E-state index contributed by atoms with van der Waals surface area (Å²) in [5, 5.41) is 23.1. The molecule has 4 aromatic rings. The van der Waals surface area contributed by atoms with Gasteiger partial charge in [-0.3, -0.25) is 0 Å². The number of hydrogen-bond donors (Lipinski definition) is 0. The van der Waals surface area contributed by atoms with Gasteiger partial charge >= 0.3 is 0 Å². The molecule has 0 radical (unpaired) electrons. The molecule has 12 heteroatoms. The lowest BCUT2D eigenvalue weighted by Crippen LogP contribution is -1.92. The molecule has 4 rings (SSSR count). The molecule has 2 aromatic carbocycles. The van der Waals surface area contributed by atoms with Crippen molar-refractivity contribution >= 4 is 103 Å². The third kappa shape index (κ3) is 9.84. The zero-order chi connectivity index (χ0) is 33.1. The van der Waals surface area contributed by atoms with E-state index in [2.05, 4.69) is 34.2 Å². The zero-order valence-corrected chi connectivity index (χ0v) is 32.8. The Morgan fingerprint density at radius 3 is 1.09 bits per heavy atom. The van der Waals surface area contributed by atoms with Gasteiger partial charge in [0, 0.05) is 23.6 Å². The number of hydrogen-bond acceptors (Lipinski definition) is 6. The normalized spacial score (nSPS) is 11.7. The molecule has 0 fully saturated rings. The van der Waals surface area contributed by atoms with Gasteiger partial charge < -0.3 is 0 Å². The van der Waals surface area contributed by atoms with Crippen LogP contribution in [-0.2, 0) is 12.8 Å². The zero-order valence-electron chi connectivity index (χ0n) is 26.6. The molecule has 4 nitrogen and oxygen atoms in total. The summed E-state index contributed by atoms with van der Waals surface area (Å²) in [5.74, 6) is 0. The standard InChI is InChI=1S/C34H42Cl6N4S2/c1-3-5-7-9-11-13-15-17-19-21-41-43-33(45-21)25-27(35)23-24(29(37)31(25)39)30(38)32(40)26(28(23)36)34-44-42-22(46-34)20-18-16-14-12-10-8-6-4-2/h3-20H2,1-2H3. The SMILES string of the molecule is CCCCCCCCCCc1nnc(-c2c(Cl)c(Cl)c3c(Cl)c(Cl)c(-c4nnc(CCCCCCCCCC)s4)c(Cl)c3c2Cl)s1. The van der Waals surface area contributed by atoms with Crippen molar-refractivity contribution in [2.45, 2.75) is 129 Å². The minimum atomic E-state index is 0.212. The lowest BCUT2D eigenvalue weighted by Gasteiger charge is -2.17. The highest BCUT2D eigenvalue weighted by molar-refractivity contribution is 7.15. The van der Waals surface area contributed by atoms with E-state index in [0.29, 0.717) is 42.0 Å². The third-order valence-corrected chi connectivity index (χ3v) is 12.7. The Morgan fingerprint density at radius 1 is 0.391 bits per heavy atom. The maximum absolute atomic E-state index is 7.07. The topological polar surface area (TPSA) is 51.6 Å². The Hall–Kier alpha value is -0.440. The van der Waals surface area contributed by atoms with Crippen molar-refractivity contribution in [1.82, 2.24) is 20.4 Å². The maximum Gasteiger partial charge on any atom is 0.150 e. The fraction of sp³-hybridized carbons (Fsp3) is 0.588. The summed E-state index contributed by atoms with van der Waals surface area (Å²) < 4.78 is 0. The molecule has 0 spiro atoms. The van der Waals surface area contributed by atoms with Crippen LogP contribution in [0.1, 0.15) is 127 Å². The average molecular weight is 784 g/mol. The van der Waals surface area contributed by atoms with Crippen LogP contribution in [0.25, 0.3) is 31.9 Å². The Bertz CT molecular complexity index is 1460. The highest BCUT2D eigenvalue weighted by Crippen LogP contribution is 2.54. The number of nitrogens with zero attached hydrogens (tertiary/aromatic N) is 4. The van der Waals surface area contributed by atoms with Crippen LogP contribution in [0.3, 0.4) is 0 Å². The number of aryl methyl sites for hydroxylation is 2. The van der Waals surface area contributed by atoms with E-state index in [9.17, 15) is 0 Å². The van der Waals surface area contributed by atoms with Crippen LogP contribution in [0.15, 0.2) is 0 Å². The number of rotatable bonds is 20. The third-order valence-electron chi connectivity index (χ3n) is 8.24. The van der Waals surface area contributed by atoms with Crippen LogP contribution in [-0.4, -0.2) is 20.4 Å². The summed E-state index contributed by atoms with van der Waals surface area (Å²) in [7, 11) is 0. The van der Waals surface area contributed by atoms with Gasteiger partial charge in [0.25, 0.3) is 0 Å². The molecule has 0 saturated heterocycles. The van der Waals surface area contributed by atoms with E-state index < -0.39 is 0 Å². The summed E-state index contributed by atoms with van der Waals surface area (Å²) in [6, 6.07) is 0. The van der Waals surface area contributed by atoms with Gasteiger partial charge in [-0.1, -0.05) is 196 Å². The van der Waals surface area contributed by atoms with Crippen LogP contribution in [0.5, 0.6) is 0 Å². The van der Waals surface area contributed by atoms with Crippen molar-refractivity contribution in [2.75, 3.05) is 0 Å². The minimum Gasteiger partial charge on any atom is -0.143 e. The molecule has 0 aliphatic carbocycles. The lowest BCUT2D eigenvalue weighted by molar-refractivity contribution is 0.574. The maximum atomic E-state index is 7.07. The molecule has 0 unspecified atom stereocenters. The molecular formula is C34H42Cl6N4S2. The van der Waals surface area contributed by atoms with Crippen LogP contribution >= 0.6 is 92.3 Å². The predicted octanol–water partition coefficient (Wildman–Crippen LogP) is 15.2. The van der Waals surface area contributed by atoms with Crippen LogP contribution < -0.4 is 0 Å². The molecule has 0 N–H and O–H groups in total. The van der Waals surface area contributed by atoms with Crippen molar-refractivity contribution < 1.29 is 0 Å². The lowest BCUT2D eigenvalue weighted by atomic mass is 10.0. The van der Waals surface area contributed by atoms with Gasteiger partial charge in [0.1, 0.15) is 10.0 Å². The van der Waals surface area contributed by atoms with Crippen LogP contribution in [0, 0.1) is 0 Å². The van der Waals surface area contributed by atoms with E-state index in [1.807, 2.05) is 0 Å². The van der Waals surface area contributed by atoms with Gasteiger partial charge in [0.15, 0.2) is 10.0 Å². The molecular weight excluding hydrogens is 741 g/mol. The Labute approximate surface area is 311 Å².